The third-order valence-electron chi connectivity index (χ3n) is 3.96. The number of hydrogen-bond donors (Lipinski definition) is 1. The number of methoxy groups -OCH3 is 2. The normalized spacial score (nSPS) is 16.2. The second kappa shape index (κ2) is 5.73. The Kier molecular flexibility index (Phi) is 3.79. The molecular formula is C15H20N4O2. The Balaban J connectivity index is 2.06. The van der Waals surface area contributed by atoms with Crippen LogP contribution in [0.4, 0.5) is 5.82 Å². The minimum Gasteiger partial charge on any atom is -0.493 e. The summed E-state index contributed by atoms with van der Waals surface area (Å²) < 4.78 is 10.7. The molecule has 0 bridgehead atoms. The second-order valence-electron chi connectivity index (χ2n) is 5.25. The van der Waals surface area contributed by atoms with Crippen LogP contribution in [-0.4, -0.2) is 43.3 Å². The molecule has 21 heavy (non-hydrogen) atoms. The van der Waals surface area contributed by atoms with E-state index in [-0.39, 0.29) is 0 Å². The number of ether oxygens (including phenoxy) is 2. The average Bonchev–Trinajstić information content (AvgIpc) is 2.53. The Bertz CT molecular complexity index is 639. The van der Waals surface area contributed by atoms with Crippen LogP contribution in [0, 0.1) is 0 Å². The van der Waals surface area contributed by atoms with Gasteiger partial charge in [-0.05, 0) is 18.9 Å². The van der Waals surface area contributed by atoms with Gasteiger partial charge in [0, 0.05) is 30.6 Å². The predicted molar refractivity (Wildman–Crippen MR) is 82.1 cm³/mol. The van der Waals surface area contributed by atoms with Crippen LogP contribution < -0.4 is 20.1 Å². The molecule has 1 aromatic carbocycles. The number of aromatic nitrogens is 2. The zero-order valence-corrected chi connectivity index (χ0v) is 12.4. The first kappa shape index (κ1) is 13.9. The predicted octanol–water partition coefficient (Wildman–Crippen LogP) is 1.57. The zero-order chi connectivity index (χ0) is 14.8. The minimum absolute atomic E-state index is 0.295. The fourth-order valence-corrected chi connectivity index (χ4v) is 2.73. The highest BCUT2D eigenvalue weighted by Crippen LogP contribution is 2.35. The molecular weight excluding hydrogens is 268 g/mol. The highest BCUT2D eigenvalue weighted by atomic mass is 16.5. The summed E-state index contributed by atoms with van der Waals surface area (Å²) >= 11 is 0. The maximum absolute atomic E-state index is 5.98. The lowest BCUT2D eigenvalue weighted by molar-refractivity contribution is 0.355. The molecule has 1 saturated heterocycles. The summed E-state index contributed by atoms with van der Waals surface area (Å²) in [4.78, 5) is 11.1. The molecule has 0 radical (unpaired) electrons. The van der Waals surface area contributed by atoms with Gasteiger partial charge in [-0.3, -0.25) is 0 Å². The quantitative estimate of drug-likeness (QED) is 0.924. The van der Waals surface area contributed by atoms with Crippen LogP contribution in [0.2, 0.25) is 0 Å². The highest BCUT2D eigenvalue weighted by molar-refractivity contribution is 5.92. The molecule has 1 aliphatic heterocycles. The number of nitrogens with two attached hydrogens (primary N) is 1. The van der Waals surface area contributed by atoms with Gasteiger partial charge < -0.3 is 20.1 Å². The van der Waals surface area contributed by atoms with Gasteiger partial charge in [0.05, 0.1) is 19.7 Å². The molecule has 0 saturated carbocycles. The summed E-state index contributed by atoms with van der Waals surface area (Å²) in [6.07, 6.45) is 3.57. The summed E-state index contributed by atoms with van der Waals surface area (Å²) in [6, 6.07) is 4.12. The van der Waals surface area contributed by atoms with Crippen molar-refractivity contribution in [1.82, 2.24) is 9.97 Å². The number of nitrogens with zero attached hydrogens (tertiary/aromatic N) is 3. The number of piperidine rings is 1. The van der Waals surface area contributed by atoms with E-state index in [2.05, 4.69) is 14.9 Å². The van der Waals surface area contributed by atoms with Crippen LogP contribution in [0.1, 0.15) is 12.8 Å². The lowest BCUT2D eigenvalue weighted by Crippen LogP contribution is -2.40. The van der Waals surface area contributed by atoms with E-state index in [4.69, 9.17) is 15.2 Å². The Morgan fingerprint density at radius 1 is 1.10 bits per heavy atom. The van der Waals surface area contributed by atoms with Crippen LogP contribution in [0.3, 0.4) is 0 Å². The first-order valence-corrected chi connectivity index (χ1v) is 7.10. The molecule has 2 N–H and O–H groups in total. The van der Waals surface area contributed by atoms with E-state index in [0.29, 0.717) is 17.5 Å². The number of hydrogen-bond acceptors (Lipinski definition) is 6. The van der Waals surface area contributed by atoms with Gasteiger partial charge in [-0.15, -0.1) is 0 Å². The first-order valence-electron chi connectivity index (χ1n) is 7.10. The molecule has 1 fully saturated rings. The maximum Gasteiger partial charge on any atom is 0.162 e. The van der Waals surface area contributed by atoms with Crippen LogP contribution in [0.5, 0.6) is 11.5 Å². The van der Waals surface area contributed by atoms with Gasteiger partial charge in [-0.1, -0.05) is 0 Å². The van der Waals surface area contributed by atoms with Gasteiger partial charge in [0.25, 0.3) is 0 Å². The van der Waals surface area contributed by atoms with Crippen molar-refractivity contribution in [3.05, 3.63) is 18.5 Å². The van der Waals surface area contributed by atoms with E-state index in [1.165, 1.54) is 0 Å². The van der Waals surface area contributed by atoms with Crippen molar-refractivity contribution in [3.8, 4) is 11.5 Å². The van der Waals surface area contributed by atoms with Crippen LogP contribution in [0.15, 0.2) is 18.5 Å². The topological polar surface area (TPSA) is 73.5 Å². The second-order valence-corrected chi connectivity index (χ2v) is 5.25. The third-order valence-corrected chi connectivity index (χ3v) is 3.96. The molecule has 0 aliphatic carbocycles. The number of anilines is 1. The van der Waals surface area contributed by atoms with Gasteiger partial charge in [0.2, 0.25) is 0 Å². The maximum atomic E-state index is 5.98. The van der Waals surface area contributed by atoms with Gasteiger partial charge in [0.15, 0.2) is 11.5 Å². The van der Waals surface area contributed by atoms with Gasteiger partial charge in [-0.2, -0.15) is 0 Å². The summed E-state index contributed by atoms with van der Waals surface area (Å²) in [5, 5.41) is 0.977. The third kappa shape index (κ3) is 2.58. The summed E-state index contributed by atoms with van der Waals surface area (Å²) in [7, 11) is 3.25. The molecule has 2 heterocycles. The average molecular weight is 288 g/mol. The molecule has 6 heteroatoms. The lowest BCUT2D eigenvalue weighted by atomic mass is 10.1. The SMILES string of the molecule is COc1cc2ncnc(N3CCC(N)CC3)c2cc1OC. The van der Waals surface area contributed by atoms with E-state index in [9.17, 15) is 0 Å². The minimum atomic E-state index is 0.295. The Labute approximate surface area is 123 Å². The van der Waals surface area contributed by atoms with Crippen LogP contribution in [0.25, 0.3) is 10.9 Å². The lowest BCUT2D eigenvalue weighted by Gasteiger charge is -2.31. The fraction of sp³-hybridized carbons (Fsp3) is 0.467. The van der Waals surface area contributed by atoms with Crippen LogP contribution >= 0.6 is 0 Å². The molecule has 1 aromatic heterocycles. The molecule has 112 valence electrons. The van der Waals surface area contributed by atoms with Crippen molar-refractivity contribution in [1.29, 1.82) is 0 Å². The van der Waals surface area contributed by atoms with E-state index in [1.54, 1.807) is 20.5 Å². The van der Waals surface area contributed by atoms with E-state index in [0.717, 1.165) is 42.7 Å². The summed E-state index contributed by atoms with van der Waals surface area (Å²) in [5.74, 6) is 2.30. The Morgan fingerprint density at radius 2 is 1.76 bits per heavy atom. The van der Waals surface area contributed by atoms with E-state index in [1.807, 2.05) is 12.1 Å². The number of fused-ring (bicyclic) bond motifs is 1. The van der Waals surface area contributed by atoms with Crippen molar-refractivity contribution in [3.63, 3.8) is 0 Å². The molecule has 2 aromatic rings. The zero-order valence-electron chi connectivity index (χ0n) is 12.4. The van der Waals surface area contributed by atoms with Crippen molar-refractivity contribution < 1.29 is 9.47 Å². The molecule has 6 nitrogen and oxygen atoms in total. The molecule has 0 atom stereocenters. The monoisotopic (exact) mass is 288 g/mol. The van der Waals surface area contributed by atoms with Crippen molar-refractivity contribution in [2.24, 2.45) is 5.73 Å². The first-order chi connectivity index (χ1) is 10.2. The van der Waals surface area contributed by atoms with Gasteiger partial charge in [-0.25, -0.2) is 9.97 Å². The molecule has 0 unspecified atom stereocenters. The standard InChI is InChI=1S/C15H20N4O2/c1-20-13-7-11-12(8-14(13)21-2)17-9-18-15(11)19-5-3-10(16)4-6-19/h7-10H,3-6,16H2,1-2H3. The number of benzene rings is 1. The van der Waals surface area contributed by atoms with Gasteiger partial charge >= 0.3 is 0 Å². The molecule has 1 aliphatic rings. The molecule has 0 amide bonds. The largest absolute Gasteiger partial charge is 0.493 e. The highest BCUT2D eigenvalue weighted by Gasteiger charge is 2.20. The number of rotatable bonds is 3. The molecule has 0 spiro atoms. The Morgan fingerprint density at radius 3 is 2.43 bits per heavy atom. The summed E-state index contributed by atoms with van der Waals surface area (Å²) in [5.41, 5.74) is 6.83. The van der Waals surface area contributed by atoms with Crippen LogP contribution in [-0.2, 0) is 0 Å². The Hall–Kier alpha value is -2.08. The van der Waals surface area contributed by atoms with Gasteiger partial charge in [0.1, 0.15) is 12.1 Å². The van der Waals surface area contributed by atoms with E-state index >= 15 is 0 Å². The van der Waals surface area contributed by atoms with Crippen molar-refractivity contribution >= 4 is 16.7 Å². The summed E-state index contributed by atoms with van der Waals surface area (Å²) in [6.45, 7) is 1.84. The fourth-order valence-electron chi connectivity index (χ4n) is 2.73. The molecule has 3 rings (SSSR count). The van der Waals surface area contributed by atoms with Crippen molar-refractivity contribution in [2.45, 2.75) is 18.9 Å². The smallest absolute Gasteiger partial charge is 0.162 e. The van der Waals surface area contributed by atoms with E-state index < -0.39 is 0 Å². The van der Waals surface area contributed by atoms with Crippen molar-refractivity contribution in [2.75, 3.05) is 32.2 Å².